The van der Waals surface area contributed by atoms with Crippen LogP contribution < -0.4 is 15.2 Å². The van der Waals surface area contributed by atoms with E-state index in [0.717, 1.165) is 5.56 Å². The summed E-state index contributed by atoms with van der Waals surface area (Å²) in [5.74, 6) is 1.23. The highest BCUT2D eigenvalue weighted by atomic mass is 16.5. The van der Waals surface area contributed by atoms with Crippen LogP contribution >= 0.6 is 0 Å². The van der Waals surface area contributed by atoms with Crippen LogP contribution in [-0.4, -0.2) is 7.11 Å². The fourth-order valence-electron chi connectivity index (χ4n) is 1.68. The van der Waals surface area contributed by atoms with Crippen molar-refractivity contribution in [3.63, 3.8) is 0 Å². The van der Waals surface area contributed by atoms with E-state index in [0.29, 0.717) is 29.4 Å². The second-order valence-electron chi connectivity index (χ2n) is 3.96. The molecule has 2 aromatic carbocycles. The third-order valence-electron chi connectivity index (χ3n) is 2.74. The Kier molecular flexibility index (Phi) is 3.89. The maximum atomic E-state index is 9.00. The van der Waals surface area contributed by atoms with Gasteiger partial charge in [-0.05, 0) is 18.2 Å². The van der Waals surface area contributed by atoms with Crippen LogP contribution in [0.25, 0.3) is 0 Å². The summed E-state index contributed by atoms with van der Waals surface area (Å²) in [4.78, 5) is 0. The number of nitrogen functional groups attached to an aromatic ring is 1. The van der Waals surface area contributed by atoms with E-state index in [1.54, 1.807) is 31.4 Å². The lowest BCUT2D eigenvalue weighted by molar-refractivity contribution is 0.305. The zero-order valence-electron chi connectivity index (χ0n) is 10.6. The van der Waals surface area contributed by atoms with E-state index in [2.05, 4.69) is 6.07 Å². The number of benzene rings is 2. The Bertz CT molecular complexity index is 618. The van der Waals surface area contributed by atoms with Gasteiger partial charge in [-0.15, -0.1) is 0 Å². The predicted molar refractivity (Wildman–Crippen MR) is 72.9 cm³/mol. The molecule has 0 fully saturated rings. The number of methoxy groups -OCH3 is 1. The van der Waals surface area contributed by atoms with E-state index in [4.69, 9.17) is 20.5 Å². The topological polar surface area (TPSA) is 68.3 Å². The highest BCUT2D eigenvalue weighted by Gasteiger charge is 2.05. The van der Waals surface area contributed by atoms with Crippen LogP contribution in [0.3, 0.4) is 0 Å². The van der Waals surface area contributed by atoms with Gasteiger partial charge in [0.2, 0.25) is 0 Å². The molecule has 0 aliphatic heterocycles. The van der Waals surface area contributed by atoms with Gasteiger partial charge in [0, 0.05) is 11.6 Å². The summed E-state index contributed by atoms with van der Waals surface area (Å²) >= 11 is 0. The molecule has 0 heterocycles. The molecule has 2 N–H and O–H groups in total. The Hall–Kier alpha value is -2.67. The number of hydrogen-bond donors (Lipinski definition) is 1. The van der Waals surface area contributed by atoms with Crippen LogP contribution in [0.2, 0.25) is 0 Å². The molecular weight excluding hydrogens is 240 g/mol. The normalized spacial score (nSPS) is 9.68. The Balaban J connectivity index is 2.17. The largest absolute Gasteiger partial charge is 0.497 e. The molecule has 2 rings (SSSR count). The first kappa shape index (κ1) is 12.8. The van der Waals surface area contributed by atoms with E-state index in [1.807, 2.05) is 18.2 Å². The van der Waals surface area contributed by atoms with Gasteiger partial charge in [0.05, 0.1) is 24.4 Å². The van der Waals surface area contributed by atoms with E-state index in [1.165, 1.54) is 0 Å². The maximum absolute atomic E-state index is 9.00. The highest BCUT2D eigenvalue weighted by Crippen LogP contribution is 2.27. The second-order valence-corrected chi connectivity index (χ2v) is 3.96. The molecule has 0 aromatic heterocycles. The standard InChI is InChI=1S/C15H14N2O2/c1-18-13-6-7-14(17)15(8-13)19-10-12-5-3-2-4-11(12)9-16/h2-8H,10,17H2,1H3. The fraction of sp³-hybridized carbons (Fsp3) is 0.133. The summed E-state index contributed by atoms with van der Waals surface area (Å²) in [6, 6.07) is 14.7. The van der Waals surface area contributed by atoms with Crippen molar-refractivity contribution in [3.05, 3.63) is 53.6 Å². The minimum atomic E-state index is 0.293. The van der Waals surface area contributed by atoms with Crippen LogP contribution in [-0.2, 0) is 6.61 Å². The van der Waals surface area contributed by atoms with E-state index >= 15 is 0 Å². The Labute approximate surface area is 112 Å². The third-order valence-corrected chi connectivity index (χ3v) is 2.74. The van der Waals surface area contributed by atoms with Crippen molar-refractivity contribution in [2.75, 3.05) is 12.8 Å². The van der Waals surface area contributed by atoms with Crippen molar-refractivity contribution < 1.29 is 9.47 Å². The van der Waals surface area contributed by atoms with E-state index < -0.39 is 0 Å². The first-order valence-electron chi connectivity index (χ1n) is 5.79. The third kappa shape index (κ3) is 2.96. The van der Waals surface area contributed by atoms with Gasteiger partial charge in [0.1, 0.15) is 18.1 Å². The molecule has 0 radical (unpaired) electrons. The van der Waals surface area contributed by atoms with Crippen molar-refractivity contribution in [2.45, 2.75) is 6.61 Å². The number of nitrogens with zero attached hydrogens (tertiary/aromatic N) is 1. The fourth-order valence-corrected chi connectivity index (χ4v) is 1.68. The molecule has 0 saturated heterocycles. The van der Waals surface area contributed by atoms with E-state index in [-0.39, 0.29) is 0 Å². The molecule has 0 saturated carbocycles. The first-order valence-corrected chi connectivity index (χ1v) is 5.79. The molecule has 0 bridgehead atoms. The molecule has 96 valence electrons. The van der Waals surface area contributed by atoms with Crippen LogP contribution in [0.15, 0.2) is 42.5 Å². The minimum absolute atomic E-state index is 0.293. The molecule has 0 aliphatic carbocycles. The zero-order chi connectivity index (χ0) is 13.7. The highest BCUT2D eigenvalue weighted by molar-refractivity contribution is 5.55. The maximum Gasteiger partial charge on any atom is 0.146 e. The van der Waals surface area contributed by atoms with Gasteiger partial charge in [-0.25, -0.2) is 0 Å². The average molecular weight is 254 g/mol. The molecule has 19 heavy (non-hydrogen) atoms. The Morgan fingerprint density at radius 3 is 2.74 bits per heavy atom. The van der Waals surface area contributed by atoms with Crippen LogP contribution in [0, 0.1) is 11.3 Å². The number of rotatable bonds is 4. The molecule has 0 amide bonds. The van der Waals surface area contributed by atoms with Crippen molar-refractivity contribution in [3.8, 4) is 17.6 Å². The van der Waals surface area contributed by atoms with Crippen molar-refractivity contribution in [1.29, 1.82) is 5.26 Å². The van der Waals surface area contributed by atoms with Crippen LogP contribution in [0.5, 0.6) is 11.5 Å². The SMILES string of the molecule is COc1ccc(N)c(OCc2ccccc2C#N)c1. The van der Waals surface area contributed by atoms with Gasteiger partial charge in [-0.1, -0.05) is 18.2 Å². The summed E-state index contributed by atoms with van der Waals surface area (Å²) in [6.45, 7) is 0.293. The number of nitriles is 1. The first-order chi connectivity index (χ1) is 9.24. The van der Waals surface area contributed by atoms with Gasteiger partial charge in [-0.2, -0.15) is 5.26 Å². The van der Waals surface area contributed by atoms with Gasteiger partial charge in [0.25, 0.3) is 0 Å². The van der Waals surface area contributed by atoms with Gasteiger partial charge >= 0.3 is 0 Å². The summed E-state index contributed by atoms with van der Waals surface area (Å²) in [7, 11) is 1.58. The predicted octanol–water partition coefficient (Wildman–Crippen LogP) is 2.73. The van der Waals surface area contributed by atoms with Crippen LogP contribution in [0.1, 0.15) is 11.1 Å². The summed E-state index contributed by atoms with van der Waals surface area (Å²) < 4.78 is 10.8. The molecule has 0 aliphatic rings. The molecule has 2 aromatic rings. The van der Waals surface area contributed by atoms with Crippen LogP contribution in [0.4, 0.5) is 5.69 Å². The quantitative estimate of drug-likeness (QED) is 0.852. The van der Waals surface area contributed by atoms with Crippen molar-refractivity contribution in [2.24, 2.45) is 0 Å². The lowest BCUT2D eigenvalue weighted by Gasteiger charge is -2.11. The second kappa shape index (κ2) is 5.78. The van der Waals surface area contributed by atoms with Gasteiger partial charge in [-0.3, -0.25) is 0 Å². The van der Waals surface area contributed by atoms with Gasteiger partial charge < -0.3 is 15.2 Å². The lowest BCUT2D eigenvalue weighted by Crippen LogP contribution is -2.01. The number of hydrogen-bond acceptors (Lipinski definition) is 4. The smallest absolute Gasteiger partial charge is 0.146 e. The van der Waals surface area contributed by atoms with E-state index in [9.17, 15) is 0 Å². The zero-order valence-corrected chi connectivity index (χ0v) is 10.6. The molecule has 4 heteroatoms. The molecular formula is C15H14N2O2. The number of anilines is 1. The average Bonchev–Trinajstić information content (AvgIpc) is 2.46. The number of ether oxygens (including phenoxy) is 2. The molecule has 4 nitrogen and oxygen atoms in total. The minimum Gasteiger partial charge on any atom is -0.497 e. The summed E-state index contributed by atoms with van der Waals surface area (Å²) in [5.41, 5.74) is 7.80. The Morgan fingerprint density at radius 1 is 1.21 bits per heavy atom. The van der Waals surface area contributed by atoms with Crippen molar-refractivity contribution >= 4 is 5.69 Å². The molecule has 0 unspecified atom stereocenters. The summed E-state index contributed by atoms with van der Waals surface area (Å²) in [5, 5.41) is 9.00. The number of nitrogens with two attached hydrogens (primary N) is 1. The molecule has 0 atom stereocenters. The lowest BCUT2D eigenvalue weighted by atomic mass is 10.1. The van der Waals surface area contributed by atoms with Gasteiger partial charge in [0.15, 0.2) is 0 Å². The Morgan fingerprint density at radius 2 is 2.00 bits per heavy atom. The molecule has 0 spiro atoms. The summed E-state index contributed by atoms with van der Waals surface area (Å²) in [6.07, 6.45) is 0. The monoisotopic (exact) mass is 254 g/mol. The van der Waals surface area contributed by atoms with Crippen molar-refractivity contribution in [1.82, 2.24) is 0 Å².